The topological polar surface area (TPSA) is 60.8 Å². The first-order valence-electron chi connectivity index (χ1n) is 11.8. The molecule has 6 nitrogen and oxygen atoms in total. The molecule has 0 saturated carbocycles. The van der Waals surface area contributed by atoms with Gasteiger partial charge in [0.2, 0.25) is 5.91 Å². The van der Waals surface area contributed by atoms with Crippen molar-refractivity contribution in [3.63, 3.8) is 0 Å². The average molecular weight is 469 g/mol. The maximum Gasteiger partial charge on any atom is 0.223 e. The number of carbonyl (C=O) groups is 2. The summed E-state index contributed by atoms with van der Waals surface area (Å²) in [5.41, 5.74) is 3.34. The van der Waals surface area contributed by atoms with Crippen molar-refractivity contribution in [1.82, 2.24) is 9.47 Å². The van der Waals surface area contributed by atoms with Crippen LogP contribution in [0.4, 0.5) is 0 Å². The molecule has 6 heteroatoms. The van der Waals surface area contributed by atoms with Gasteiger partial charge >= 0.3 is 0 Å². The van der Waals surface area contributed by atoms with E-state index in [-0.39, 0.29) is 17.7 Å². The highest BCUT2D eigenvalue weighted by Gasteiger charge is 2.31. The fourth-order valence-electron chi connectivity index (χ4n) is 4.83. The van der Waals surface area contributed by atoms with Gasteiger partial charge in [0.05, 0.1) is 20.3 Å². The standard InChI is InChI=1S/C29H28N2O4/c1-34-23-12-7-20(8-13-23)17-31-22(11-16-28(31)32)18-30-19-26(25-5-3-4-6-27(25)30)29(33)21-9-14-24(35-2)15-10-21/h3-10,12-15,19,22H,11,16-18H2,1-2H3. The molecule has 0 N–H and O–H groups in total. The summed E-state index contributed by atoms with van der Waals surface area (Å²) in [5.74, 6) is 1.65. The molecule has 1 aromatic heterocycles. The van der Waals surface area contributed by atoms with Crippen LogP contribution in [0.5, 0.6) is 11.5 Å². The lowest BCUT2D eigenvalue weighted by atomic mass is 10.0. The van der Waals surface area contributed by atoms with Gasteiger partial charge in [0.25, 0.3) is 0 Å². The Morgan fingerprint density at radius 2 is 1.57 bits per heavy atom. The summed E-state index contributed by atoms with van der Waals surface area (Å²) >= 11 is 0. The van der Waals surface area contributed by atoms with Crippen LogP contribution in [0, 0.1) is 0 Å². The molecule has 178 valence electrons. The minimum absolute atomic E-state index is 0.0276. The van der Waals surface area contributed by atoms with Crippen molar-refractivity contribution in [2.24, 2.45) is 0 Å². The number of ether oxygens (including phenoxy) is 2. The van der Waals surface area contributed by atoms with E-state index in [4.69, 9.17) is 9.47 Å². The first kappa shape index (κ1) is 22.7. The predicted molar refractivity (Wildman–Crippen MR) is 135 cm³/mol. The van der Waals surface area contributed by atoms with Crippen molar-refractivity contribution in [3.05, 3.63) is 95.7 Å². The van der Waals surface area contributed by atoms with Crippen molar-refractivity contribution < 1.29 is 19.1 Å². The molecule has 0 radical (unpaired) electrons. The largest absolute Gasteiger partial charge is 0.497 e. The van der Waals surface area contributed by atoms with Gasteiger partial charge in [0.1, 0.15) is 11.5 Å². The average Bonchev–Trinajstić information content (AvgIpc) is 3.44. The van der Waals surface area contributed by atoms with Gasteiger partial charge in [-0.15, -0.1) is 0 Å². The molecule has 1 fully saturated rings. The van der Waals surface area contributed by atoms with Gasteiger partial charge in [0, 0.05) is 47.7 Å². The van der Waals surface area contributed by atoms with Crippen LogP contribution >= 0.6 is 0 Å². The zero-order chi connectivity index (χ0) is 24.4. The van der Waals surface area contributed by atoms with Gasteiger partial charge in [0.15, 0.2) is 5.78 Å². The Morgan fingerprint density at radius 1 is 0.914 bits per heavy atom. The van der Waals surface area contributed by atoms with E-state index in [0.29, 0.717) is 36.4 Å². The maximum atomic E-state index is 13.4. The summed E-state index contributed by atoms with van der Waals surface area (Å²) in [4.78, 5) is 28.1. The van der Waals surface area contributed by atoms with Crippen LogP contribution in [0.3, 0.4) is 0 Å². The van der Waals surface area contributed by atoms with Crippen LogP contribution in [0.2, 0.25) is 0 Å². The number of likely N-dealkylation sites (tertiary alicyclic amines) is 1. The second-order valence-corrected chi connectivity index (χ2v) is 8.83. The van der Waals surface area contributed by atoms with E-state index in [1.807, 2.05) is 59.6 Å². The molecule has 1 saturated heterocycles. The number of aromatic nitrogens is 1. The Balaban J connectivity index is 1.42. The van der Waals surface area contributed by atoms with Crippen molar-refractivity contribution in [3.8, 4) is 11.5 Å². The van der Waals surface area contributed by atoms with Gasteiger partial charge in [-0.2, -0.15) is 0 Å². The van der Waals surface area contributed by atoms with Crippen LogP contribution in [0.15, 0.2) is 79.0 Å². The zero-order valence-electron chi connectivity index (χ0n) is 19.9. The number of hydrogen-bond acceptors (Lipinski definition) is 4. The summed E-state index contributed by atoms with van der Waals surface area (Å²) in [5, 5.41) is 0.916. The molecule has 3 aromatic carbocycles. The minimum atomic E-state index is -0.0276. The van der Waals surface area contributed by atoms with Crippen LogP contribution in [0.25, 0.3) is 10.9 Å². The van der Waals surface area contributed by atoms with Gasteiger partial charge in [-0.05, 0) is 54.4 Å². The molecule has 2 heterocycles. The van der Waals surface area contributed by atoms with Crippen molar-refractivity contribution in [1.29, 1.82) is 0 Å². The molecule has 1 atom stereocenters. The molecule has 1 aliphatic rings. The predicted octanol–water partition coefficient (Wildman–Crippen LogP) is 5.08. The maximum absolute atomic E-state index is 13.4. The fourth-order valence-corrected chi connectivity index (χ4v) is 4.83. The van der Waals surface area contributed by atoms with Gasteiger partial charge in [-0.1, -0.05) is 30.3 Å². The van der Waals surface area contributed by atoms with Crippen LogP contribution in [0.1, 0.15) is 34.3 Å². The Kier molecular flexibility index (Phi) is 6.27. The number of benzene rings is 3. The van der Waals surface area contributed by atoms with Crippen LogP contribution in [-0.4, -0.2) is 41.4 Å². The third-order valence-electron chi connectivity index (χ3n) is 6.76. The molecular formula is C29H28N2O4. The minimum Gasteiger partial charge on any atom is -0.497 e. The lowest BCUT2D eigenvalue weighted by molar-refractivity contribution is -0.129. The lowest BCUT2D eigenvalue weighted by Gasteiger charge is -2.26. The summed E-state index contributed by atoms with van der Waals surface area (Å²) in [6.07, 6.45) is 3.27. The Hall–Kier alpha value is -4.06. The van der Waals surface area contributed by atoms with E-state index in [1.54, 1.807) is 38.5 Å². The highest BCUT2D eigenvalue weighted by molar-refractivity contribution is 6.16. The number of rotatable bonds is 8. The quantitative estimate of drug-likeness (QED) is 0.338. The Labute approximate surface area is 204 Å². The third-order valence-corrected chi connectivity index (χ3v) is 6.76. The number of para-hydroxylation sites is 1. The number of amides is 1. The fraction of sp³-hybridized carbons (Fsp3) is 0.241. The molecule has 0 aliphatic carbocycles. The Bertz CT molecular complexity index is 1360. The van der Waals surface area contributed by atoms with E-state index in [1.165, 1.54) is 0 Å². The highest BCUT2D eigenvalue weighted by Crippen LogP contribution is 2.29. The molecule has 1 aliphatic heterocycles. The summed E-state index contributed by atoms with van der Waals surface area (Å²) in [7, 11) is 3.25. The molecular weight excluding hydrogens is 440 g/mol. The molecule has 1 unspecified atom stereocenters. The van der Waals surface area contributed by atoms with Crippen molar-refractivity contribution >= 4 is 22.6 Å². The number of hydrogen-bond donors (Lipinski definition) is 0. The number of ketones is 1. The van der Waals surface area contributed by atoms with E-state index in [2.05, 4.69) is 4.57 Å². The molecule has 0 spiro atoms. The SMILES string of the molecule is COc1ccc(CN2C(=O)CCC2Cn2cc(C(=O)c3ccc(OC)cc3)c3ccccc32)cc1. The summed E-state index contributed by atoms with van der Waals surface area (Å²) in [6, 6.07) is 23.0. The number of fused-ring (bicyclic) bond motifs is 1. The van der Waals surface area contributed by atoms with Crippen molar-refractivity contribution in [2.45, 2.75) is 32.0 Å². The third kappa shape index (κ3) is 4.52. The summed E-state index contributed by atoms with van der Waals surface area (Å²) < 4.78 is 12.6. The highest BCUT2D eigenvalue weighted by atomic mass is 16.5. The number of methoxy groups -OCH3 is 2. The van der Waals surface area contributed by atoms with Crippen LogP contribution < -0.4 is 9.47 Å². The monoisotopic (exact) mass is 468 g/mol. The first-order chi connectivity index (χ1) is 17.1. The van der Waals surface area contributed by atoms with Gasteiger partial charge in [-0.3, -0.25) is 9.59 Å². The first-order valence-corrected chi connectivity index (χ1v) is 11.8. The molecule has 5 rings (SSSR count). The van der Waals surface area contributed by atoms with Crippen LogP contribution in [-0.2, 0) is 17.9 Å². The second kappa shape index (κ2) is 9.66. The molecule has 0 bridgehead atoms. The van der Waals surface area contributed by atoms with E-state index >= 15 is 0 Å². The molecule has 4 aromatic rings. The van der Waals surface area contributed by atoms with Crippen molar-refractivity contribution in [2.75, 3.05) is 14.2 Å². The normalized spacial score (nSPS) is 15.5. The zero-order valence-corrected chi connectivity index (χ0v) is 19.9. The molecule has 35 heavy (non-hydrogen) atoms. The number of carbonyl (C=O) groups excluding carboxylic acids is 2. The second-order valence-electron chi connectivity index (χ2n) is 8.83. The van der Waals surface area contributed by atoms with E-state index in [0.717, 1.165) is 28.6 Å². The number of nitrogens with zero attached hydrogens (tertiary/aromatic N) is 2. The smallest absolute Gasteiger partial charge is 0.223 e. The van der Waals surface area contributed by atoms with Gasteiger partial charge in [-0.25, -0.2) is 0 Å². The van der Waals surface area contributed by atoms with E-state index in [9.17, 15) is 9.59 Å². The molecule has 1 amide bonds. The lowest BCUT2D eigenvalue weighted by Crippen LogP contribution is -2.35. The van der Waals surface area contributed by atoms with E-state index < -0.39 is 0 Å². The summed E-state index contributed by atoms with van der Waals surface area (Å²) in [6.45, 7) is 1.20. The van der Waals surface area contributed by atoms with Gasteiger partial charge < -0.3 is 18.9 Å². The Morgan fingerprint density at radius 3 is 2.26 bits per heavy atom.